The van der Waals surface area contributed by atoms with Crippen LogP contribution in [0.2, 0.25) is 0 Å². The first kappa shape index (κ1) is 15.7. The second-order valence-corrected chi connectivity index (χ2v) is 1.13. The zero-order valence-corrected chi connectivity index (χ0v) is 6.36. The van der Waals surface area contributed by atoms with Crippen LogP contribution < -0.4 is 0 Å². The van der Waals surface area contributed by atoms with Crippen LogP contribution in [0.1, 0.15) is 0 Å². The van der Waals surface area contributed by atoms with E-state index in [4.69, 9.17) is 23.2 Å². The number of hydrogen-bond acceptors (Lipinski definition) is 0. The fourth-order valence-electron chi connectivity index (χ4n) is 0. The summed E-state index contributed by atoms with van der Waals surface area (Å²) in [6.07, 6.45) is 0. The third kappa shape index (κ3) is 18.2. The van der Waals surface area contributed by atoms with Gasteiger partial charge in [0.05, 0.1) is 0 Å². The molecule has 0 radical (unpaired) electrons. The van der Waals surface area contributed by atoms with Crippen molar-refractivity contribution in [3.63, 3.8) is 0 Å². The second kappa shape index (κ2) is 16.2. The van der Waals surface area contributed by atoms with Gasteiger partial charge in [0.25, 0.3) is 0 Å². The summed E-state index contributed by atoms with van der Waals surface area (Å²) in [5.74, 6) is 1.11. The molecular weight excluding hydrogens is 186 g/mol. The number of alkyl halides is 2. The van der Waals surface area contributed by atoms with E-state index in [-0.39, 0.29) is 29.5 Å². The molecular formula is C2H5Cl3Fe. The summed E-state index contributed by atoms with van der Waals surface area (Å²) < 4.78 is 0. The Morgan fingerprint density at radius 1 is 1.00 bits per heavy atom. The van der Waals surface area contributed by atoms with Gasteiger partial charge < -0.3 is 0 Å². The van der Waals surface area contributed by atoms with Gasteiger partial charge in [-0.2, -0.15) is 0 Å². The van der Waals surface area contributed by atoms with E-state index in [1.807, 2.05) is 0 Å². The quantitative estimate of drug-likeness (QED) is 0.438. The van der Waals surface area contributed by atoms with Crippen LogP contribution in [0, 0.1) is 0 Å². The molecule has 0 aliphatic rings. The summed E-state index contributed by atoms with van der Waals surface area (Å²) in [5.41, 5.74) is 0. The molecule has 0 aliphatic heterocycles. The Balaban J connectivity index is -0.0000000450. The van der Waals surface area contributed by atoms with Crippen molar-refractivity contribution in [3.05, 3.63) is 0 Å². The van der Waals surface area contributed by atoms with Gasteiger partial charge >= 0.3 is 0 Å². The van der Waals surface area contributed by atoms with E-state index < -0.39 is 0 Å². The summed E-state index contributed by atoms with van der Waals surface area (Å²) >= 11 is 10.1. The fraction of sp³-hybridized carbons (Fsp3) is 1.00. The van der Waals surface area contributed by atoms with E-state index in [9.17, 15) is 0 Å². The molecule has 0 aromatic rings. The van der Waals surface area contributed by atoms with Gasteiger partial charge in [0.2, 0.25) is 0 Å². The molecule has 0 aromatic carbocycles. The third-order valence-electron chi connectivity index (χ3n) is 0.0714. The van der Waals surface area contributed by atoms with Gasteiger partial charge in [-0.15, -0.1) is 35.6 Å². The molecule has 0 rings (SSSR count). The van der Waals surface area contributed by atoms with Crippen molar-refractivity contribution in [2.24, 2.45) is 0 Å². The summed E-state index contributed by atoms with van der Waals surface area (Å²) in [6, 6.07) is 0. The van der Waals surface area contributed by atoms with Crippen LogP contribution in [0.5, 0.6) is 0 Å². The van der Waals surface area contributed by atoms with Crippen molar-refractivity contribution in [1.82, 2.24) is 0 Å². The molecule has 0 aliphatic carbocycles. The van der Waals surface area contributed by atoms with Crippen molar-refractivity contribution in [2.45, 2.75) is 0 Å². The minimum absolute atomic E-state index is 0. The maximum atomic E-state index is 5.05. The first-order valence-electron chi connectivity index (χ1n) is 1.03. The van der Waals surface area contributed by atoms with Crippen LogP contribution >= 0.6 is 35.6 Å². The molecule has 0 aromatic heterocycles. The summed E-state index contributed by atoms with van der Waals surface area (Å²) in [5, 5.41) is 0. The van der Waals surface area contributed by atoms with Gasteiger partial charge in [-0.3, -0.25) is 0 Å². The summed E-state index contributed by atoms with van der Waals surface area (Å²) in [4.78, 5) is 0. The third-order valence-corrected chi connectivity index (χ3v) is 0.643. The van der Waals surface area contributed by atoms with Crippen LogP contribution in [0.25, 0.3) is 0 Å². The van der Waals surface area contributed by atoms with Gasteiger partial charge in [-0.05, 0) is 0 Å². The molecule has 6 heavy (non-hydrogen) atoms. The summed E-state index contributed by atoms with van der Waals surface area (Å²) in [7, 11) is 0. The van der Waals surface area contributed by atoms with Crippen molar-refractivity contribution < 1.29 is 17.1 Å². The van der Waals surface area contributed by atoms with E-state index in [0.29, 0.717) is 11.8 Å². The maximum absolute atomic E-state index is 5.05. The van der Waals surface area contributed by atoms with Crippen LogP contribution in [-0.4, -0.2) is 11.8 Å². The van der Waals surface area contributed by atoms with Gasteiger partial charge in [0.1, 0.15) is 0 Å². The molecule has 0 N–H and O–H groups in total. The molecule has 0 atom stereocenters. The Labute approximate surface area is 64.5 Å². The predicted molar refractivity (Wildman–Crippen MR) is 28.7 cm³/mol. The largest absolute Gasteiger partial charge is 0.147 e. The van der Waals surface area contributed by atoms with Crippen LogP contribution in [0.4, 0.5) is 0 Å². The van der Waals surface area contributed by atoms with Crippen molar-refractivity contribution >= 4 is 35.6 Å². The number of hydrogen-bond donors (Lipinski definition) is 0. The Kier molecular flexibility index (Phi) is 42.2. The normalized spacial score (nSPS) is 5.00. The smallest absolute Gasteiger partial charge is 0.0359 e. The van der Waals surface area contributed by atoms with Gasteiger partial charge in [-0.25, -0.2) is 0 Å². The molecule has 0 spiro atoms. The first-order valence-corrected chi connectivity index (χ1v) is 2.10. The van der Waals surface area contributed by atoms with Gasteiger partial charge in [0, 0.05) is 28.8 Å². The van der Waals surface area contributed by atoms with Gasteiger partial charge in [-0.1, -0.05) is 0 Å². The van der Waals surface area contributed by atoms with Crippen LogP contribution in [0.15, 0.2) is 0 Å². The van der Waals surface area contributed by atoms with E-state index in [1.165, 1.54) is 0 Å². The van der Waals surface area contributed by atoms with Crippen LogP contribution in [0.3, 0.4) is 0 Å². The Morgan fingerprint density at radius 3 is 1.17 bits per heavy atom. The van der Waals surface area contributed by atoms with E-state index in [2.05, 4.69) is 0 Å². The number of halogens is 3. The fourth-order valence-corrected chi connectivity index (χ4v) is 0. The van der Waals surface area contributed by atoms with Crippen LogP contribution in [-0.2, 0) is 17.1 Å². The monoisotopic (exact) mass is 190 g/mol. The van der Waals surface area contributed by atoms with E-state index in [1.54, 1.807) is 0 Å². The molecule has 0 unspecified atom stereocenters. The maximum Gasteiger partial charge on any atom is 0.0359 e. The predicted octanol–water partition coefficient (Wildman–Crippen LogP) is 1.88. The molecule has 0 saturated heterocycles. The van der Waals surface area contributed by atoms with E-state index >= 15 is 0 Å². The Hall–Kier alpha value is 1.39. The minimum Gasteiger partial charge on any atom is -0.147 e. The average Bonchev–Trinajstić information content (AvgIpc) is 1.37. The SMILES string of the molecule is Cl.ClCCCl.[Fe]. The summed E-state index contributed by atoms with van der Waals surface area (Å²) in [6.45, 7) is 0. The zero-order chi connectivity index (χ0) is 3.41. The van der Waals surface area contributed by atoms with Crippen molar-refractivity contribution in [3.8, 4) is 0 Å². The Bertz CT molecular complexity index is 10.8. The number of rotatable bonds is 1. The topological polar surface area (TPSA) is 0 Å². The van der Waals surface area contributed by atoms with Gasteiger partial charge in [0.15, 0.2) is 0 Å². The second-order valence-electron chi connectivity index (χ2n) is 0.378. The molecule has 0 bridgehead atoms. The van der Waals surface area contributed by atoms with Crippen molar-refractivity contribution in [2.75, 3.05) is 11.8 Å². The zero-order valence-electron chi connectivity index (χ0n) is 2.93. The van der Waals surface area contributed by atoms with E-state index in [0.717, 1.165) is 0 Å². The molecule has 0 fully saturated rings. The average molecular weight is 191 g/mol. The molecule has 0 nitrogen and oxygen atoms in total. The molecule has 42 valence electrons. The minimum atomic E-state index is 0. The molecule has 0 heterocycles. The standard InChI is InChI=1S/C2H4Cl2.ClH.Fe/c3-1-2-4;;/h1-2H2;1H;. The van der Waals surface area contributed by atoms with Crippen molar-refractivity contribution in [1.29, 1.82) is 0 Å². The Morgan fingerprint density at radius 2 is 1.17 bits per heavy atom. The molecule has 0 saturated carbocycles. The molecule has 4 heteroatoms. The molecule has 0 amide bonds. The first-order chi connectivity index (χ1) is 1.91.